The zero-order valence-corrected chi connectivity index (χ0v) is 13.9. The summed E-state index contributed by atoms with van der Waals surface area (Å²) in [6.45, 7) is 0. The summed E-state index contributed by atoms with van der Waals surface area (Å²) < 4.78 is 15.6. The van der Waals surface area contributed by atoms with E-state index in [0.717, 1.165) is 11.2 Å². The topological polar surface area (TPSA) is 46.4 Å². The van der Waals surface area contributed by atoms with Gasteiger partial charge < -0.3 is 5.32 Å². The number of anilines is 1. The molecular formula is C21H16FN3O. The Morgan fingerprint density at radius 1 is 0.962 bits per heavy atom. The minimum absolute atomic E-state index is 0.0407. The van der Waals surface area contributed by atoms with Crippen LogP contribution in [0, 0.1) is 5.82 Å². The first kappa shape index (κ1) is 16.0. The molecule has 0 aliphatic rings. The Labute approximate surface area is 149 Å². The van der Waals surface area contributed by atoms with Gasteiger partial charge in [-0.3, -0.25) is 9.20 Å². The second-order valence-electron chi connectivity index (χ2n) is 5.92. The Morgan fingerprint density at radius 2 is 1.69 bits per heavy atom. The number of pyridine rings is 1. The Balaban J connectivity index is 1.71. The first-order valence-corrected chi connectivity index (χ1v) is 8.28. The van der Waals surface area contributed by atoms with Gasteiger partial charge >= 0.3 is 0 Å². The van der Waals surface area contributed by atoms with Gasteiger partial charge in [0.1, 0.15) is 23.0 Å². The number of aromatic nitrogens is 2. The molecule has 2 aromatic carbocycles. The third-order valence-electron chi connectivity index (χ3n) is 4.14. The second kappa shape index (κ2) is 6.80. The molecule has 0 unspecified atom stereocenters. The highest BCUT2D eigenvalue weighted by Crippen LogP contribution is 2.28. The van der Waals surface area contributed by atoms with Crippen molar-refractivity contribution in [1.82, 2.24) is 9.38 Å². The lowest BCUT2D eigenvalue weighted by Crippen LogP contribution is -2.17. The molecule has 4 aromatic rings. The molecule has 4 nitrogen and oxygen atoms in total. The van der Waals surface area contributed by atoms with Crippen molar-refractivity contribution in [3.63, 3.8) is 0 Å². The van der Waals surface area contributed by atoms with Crippen molar-refractivity contribution < 1.29 is 9.18 Å². The fraction of sp³-hybridized carbons (Fsp3) is 0.0476. The summed E-state index contributed by atoms with van der Waals surface area (Å²) in [6.07, 6.45) is 1.80. The van der Waals surface area contributed by atoms with Crippen molar-refractivity contribution in [2.45, 2.75) is 6.42 Å². The van der Waals surface area contributed by atoms with Crippen LogP contribution in [0.3, 0.4) is 0 Å². The molecule has 0 radical (unpaired) electrons. The Kier molecular flexibility index (Phi) is 4.19. The van der Waals surface area contributed by atoms with Crippen LogP contribution in [0.5, 0.6) is 0 Å². The normalized spacial score (nSPS) is 10.8. The Bertz CT molecular complexity index is 1070. The molecule has 0 saturated heterocycles. The van der Waals surface area contributed by atoms with Gasteiger partial charge in [0.2, 0.25) is 5.91 Å². The molecular weight excluding hydrogens is 329 g/mol. The summed E-state index contributed by atoms with van der Waals surface area (Å²) in [6, 6.07) is 21.6. The molecule has 2 aromatic heterocycles. The quantitative estimate of drug-likeness (QED) is 0.599. The van der Waals surface area contributed by atoms with Crippen molar-refractivity contribution in [3.05, 3.63) is 90.4 Å². The van der Waals surface area contributed by atoms with Gasteiger partial charge in [0.15, 0.2) is 0 Å². The average Bonchev–Trinajstić information content (AvgIpc) is 3.03. The van der Waals surface area contributed by atoms with E-state index in [4.69, 9.17) is 0 Å². The number of hydrogen-bond acceptors (Lipinski definition) is 2. The van der Waals surface area contributed by atoms with E-state index in [9.17, 15) is 9.18 Å². The summed E-state index contributed by atoms with van der Waals surface area (Å²) in [4.78, 5) is 17.2. The van der Waals surface area contributed by atoms with Gasteiger partial charge in [0.05, 0.1) is 6.42 Å². The van der Waals surface area contributed by atoms with E-state index in [-0.39, 0.29) is 18.1 Å². The summed E-state index contributed by atoms with van der Waals surface area (Å²) >= 11 is 0. The van der Waals surface area contributed by atoms with Crippen LogP contribution in [0.15, 0.2) is 79.0 Å². The number of rotatable bonds is 4. The highest BCUT2D eigenvalue weighted by molar-refractivity contribution is 5.95. The number of hydrogen-bond donors (Lipinski definition) is 1. The molecule has 2 heterocycles. The summed E-state index contributed by atoms with van der Waals surface area (Å²) in [5.74, 6) is -0.102. The summed E-state index contributed by atoms with van der Waals surface area (Å²) in [5, 5.41) is 2.90. The molecule has 0 saturated carbocycles. The predicted octanol–water partition coefficient (Wildman–Crippen LogP) is 4.32. The van der Waals surface area contributed by atoms with Crippen LogP contribution < -0.4 is 5.32 Å². The monoisotopic (exact) mass is 345 g/mol. The molecule has 0 fully saturated rings. The smallest absolute Gasteiger partial charge is 0.230 e. The third kappa shape index (κ3) is 3.07. The third-order valence-corrected chi connectivity index (χ3v) is 4.14. The number of carbonyl (C=O) groups is 1. The molecule has 5 heteroatoms. The molecule has 0 bridgehead atoms. The van der Waals surface area contributed by atoms with E-state index < -0.39 is 0 Å². The highest BCUT2D eigenvalue weighted by atomic mass is 19.1. The molecule has 0 aliphatic heterocycles. The number of nitrogens with zero attached hydrogens (tertiary/aromatic N) is 2. The summed E-state index contributed by atoms with van der Waals surface area (Å²) in [7, 11) is 0. The SMILES string of the molecule is O=C(Cc1ccccc1F)Nc1c(-c2ccccc2)nc2ccccn12. The first-order valence-electron chi connectivity index (χ1n) is 8.28. The summed E-state index contributed by atoms with van der Waals surface area (Å²) in [5.41, 5.74) is 2.67. The number of benzene rings is 2. The van der Waals surface area contributed by atoms with Crippen molar-refractivity contribution in [2.75, 3.05) is 5.32 Å². The average molecular weight is 345 g/mol. The number of carbonyl (C=O) groups excluding carboxylic acids is 1. The lowest BCUT2D eigenvalue weighted by molar-refractivity contribution is -0.115. The Hall–Kier alpha value is -3.47. The van der Waals surface area contributed by atoms with Crippen LogP contribution in [-0.4, -0.2) is 15.3 Å². The maximum Gasteiger partial charge on any atom is 0.230 e. The molecule has 1 amide bonds. The molecule has 1 N–H and O–H groups in total. The molecule has 0 aliphatic carbocycles. The predicted molar refractivity (Wildman–Crippen MR) is 99.4 cm³/mol. The molecule has 0 atom stereocenters. The number of halogens is 1. The van der Waals surface area contributed by atoms with E-state index in [1.165, 1.54) is 6.07 Å². The standard InChI is InChI=1S/C21H16FN3O/c22-17-11-5-4-10-16(17)14-19(26)24-21-20(15-8-2-1-3-9-15)23-18-12-6-7-13-25(18)21/h1-13H,14H2,(H,24,26). The van der Waals surface area contributed by atoms with Crippen LogP contribution in [-0.2, 0) is 11.2 Å². The van der Waals surface area contributed by atoms with Gasteiger partial charge in [0.25, 0.3) is 0 Å². The van der Waals surface area contributed by atoms with Gasteiger partial charge in [0, 0.05) is 11.8 Å². The zero-order valence-electron chi connectivity index (χ0n) is 13.9. The van der Waals surface area contributed by atoms with Crippen molar-refractivity contribution in [2.24, 2.45) is 0 Å². The molecule has 26 heavy (non-hydrogen) atoms. The van der Waals surface area contributed by atoms with Crippen LogP contribution >= 0.6 is 0 Å². The number of imidazole rings is 1. The van der Waals surface area contributed by atoms with Gasteiger partial charge in [-0.25, -0.2) is 9.37 Å². The van der Waals surface area contributed by atoms with E-state index in [0.29, 0.717) is 17.1 Å². The number of amides is 1. The van der Waals surface area contributed by atoms with Crippen LogP contribution in [0.4, 0.5) is 10.2 Å². The van der Waals surface area contributed by atoms with Crippen molar-refractivity contribution >= 4 is 17.4 Å². The van der Waals surface area contributed by atoms with E-state index in [2.05, 4.69) is 10.3 Å². The molecule has 0 spiro atoms. The van der Waals surface area contributed by atoms with Crippen LogP contribution in [0.1, 0.15) is 5.56 Å². The Morgan fingerprint density at radius 3 is 2.50 bits per heavy atom. The zero-order chi connectivity index (χ0) is 17.9. The van der Waals surface area contributed by atoms with Crippen LogP contribution in [0.25, 0.3) is 16.9 Å². The first-order chi connectivity index (χ1) is 12.7. The number of nitrogens with one attached hydrogen (secondary N) is 1. The van der Waals surface area contributed by atoms with E-state index in [1.807, 2.05) is 59.1 Å². The maximum absolute atomic E-state index is 13.8. The van der Waals surface area contributed by atoms with E-state index in [1.54, 1.807) is 18.2 Å². The molecule has 4 rings (SSSR count). The van der Waals surface area contributed by atoms with Gasteiger partial charge in [-0.15, -0.1) is 0 Å². The van der Waals surface area contributed by atoms with E-state index >= 15 is 0 Å². The fourth-order valence-corrected chi connectivity index (χ4v) is 2.90. The van der Waals surface area contributed by atoms with Gasteiger partial charge in [-0.2, -0.15) is 0 Å². The van der Waals surface area contributed by atoms with Gasteiger partial charge in [-0.1, -0.05) is 54.6 Å². The fourth-order valence-electron chi connectivity index (χ4n) is 2.90. The second-order valence-corrected chi connectivity index (χ2v) is 5.92. The maximum atomic E-state index is 13.8. The lowest BCUT2D eigenvalue weighted by atomic mass is 10.1. The van der Waals surface area contributed by atoms with Crippen molar-refractivity contribution in [3.8, 4) is 11.3 Å². The largest absolute Gasteiger partial charge is 0.310 e. The van der Waals surface area contributed by atoms with Crippen LogP contribution in [0.2, 0.25) is 0 Å². The minimum Gasteiger partial charge on any atom is -0.310 e. The van der Waals surface area contributed by atoms with Gasteiger partial charge in [-0.05, 0) is 23.8 Å². The van der Waals surface area contributed by atoms with Crippen molar-refractivity contribution in [1.29, 1.82) is 0 Å². The highest BCUT2D eigenvalue weighted by Gasteiger charge is 2.17. The molecule has 128 valence electrons. The lowest BCUT2D eigenvalue weighted by Gasteiger charge is -2.08. The minimum atomic E-state index is -0.385. The number of fused-ring (bicyclic) bond motifs is 1.